The van der Waals surface area contributed by atoms with Crippen LogP contribution in [0, 0.1) is 5.92 Å². The highest BCUT2D eigenvalue weighted by atomic mass is 16.5. The number of aromatic nitrogens is 2. The highest BCUT2D eigenvalue weighted by Crippen LogP contribution is 2.40. The maximum atomic E-state index is 12.4. The van der Waals surface area contributed by atoms with Crippen molar-refractivity contribution in [2.75, 3.05) is 13.7 Å². The van der Waals surface area contributed by atoms with Crippen molar-refractivity contribution in [3.8, 4) is 5.75 Å². The van der Waals surface area contributed by atoms with Gasteiger partial charge in [-0.3, -0.25) is 9.13 Å². The molecule has 0 amide bonds. The molecule has 3 atom stereocenters. The van der Waals surface area contributed by atoms with Gasteiger partial charge in [-0.2, -0.15) is 0 Å². The number of rotatable bonds is 4. The van der Waals surface area contributed by atoms with Crippen LogP contribution in [0.25, 0.3) is 11.0 Å². The van der Waals surface area contributed by atoms with E-state index in [0.717, 1.165) is 41.7 Å². The molecule has 4 rings (SSSR count). The van der Waals surface area contributed by atoms with Crippen LogP contribution in [0.1, 0.15) is 36.1 Å². The van der Waals surface area contributed by atoms with E-state index in [0.29, 0.717) is 0 Å². The predicted octanol–water partition coefficient (Wildman–Crippen LogP) is 2.63. The number of imidazole rings is 1. The standard InChI is InChI=1S/C22H28N4O2/c1-25-17-12-16(19(28-3)13-18(17)26(2)22(25)27)20(23)15-10-7-11-24-21(15)14-8-5-4-6-9-14/h4-6,8-9,12-13,15,20-21,24H,7,10-11,23H2,1-3H3/t15-,20?,21+/m0/s1. The lowest BCUT2D eigenvalue weighted by Crippen LogP contribution is -2.39. The maximum absolute atomic E-state index is 12.4. The van der Waals surface area contributed by atoms with Crippen molar-refractivity contribution < 1.29 is 4.74 Å². The fourth-order valence-electron chi connectivity index (χ4n) is 4.54. The van der Waals surface area contributed by atoms with E-state index in [4.69, 9.17) is 10.5 Å². The summed E-state index contributed by atoms with van der Waals surface area (Å²) in [7, 11) is 5.23. The highest BCUT2D eigenvalue weighted by Gasteiger charge is 2.33. The fraction of sp³-hybridized carbons (Fsp3) is 0.409. The third-order valence-corrected chi connectivity index (χ3v) is 6.11. The van der Waals surface area contributed by atoms with Gasteiger partial charge in [0.05, 0.1) is 18.1 Å². The van der Waals surface area contributed by atoms with E-state index in [1.54, 1.807) is 30.3 Å². The zero-order valence-corrected chi connectivity index (χ0v) is 16.7. The van der Waals surface area contributed by atoms with Gasteiger partial charge in [-0.1, -0.05) is 30.3 Å². The van der Waals surface area contributed by atoms with E-state index < -0.39 is 0 Å². The van der Waals surface area contributed by atoms with Gasteiger partial charge in [0.1, 0.15) is 5.75 Å². The Kier molecular flexibility index (Phi) is 5.00. The third-order valence-electron chi connectivity index (χ3n) is 6.11. The quantitative estimate of drug-likeness (QED) is 0.730. The summed E-state index contributed by atoms with van der Waals surface area (Å²) in [5.41, 5.74) is 10.7. The number of fused-ring (bicyclic) bond motifs is 1. The second kappa shape index (κ2) is 7.45. The number of methoxy groups -OCH3 is 1. The smallest absolute Gasteiger partial charge is 0.328 e. The van der Waals surface area contributed by atoms with Crippen molar-refractivity contribution in [2.45, 2.75) is 24.9 Å². The second-order valence-corrected chi connectivity index (χ2v) is 7.66. The average molecular weight is 380 g/mol. The van der Waals surface area contributed by atoms with E-state index >= 15 is 0 Å². The van der Waals surface area contributed by atoms with E-state index in [1.165, 1.54) is 5.56 Å². The van der Waals surface area contributed by atoms with Crippen LogP contribution in [-0.4, -0.2) is 22.8 Å². The molecule has 0 bridgehead atoms. The Morgan fingerprint density at radius 1 is 1.14 bits per heavy atom. The molecule has 1 aliphatic rings. The number of piperidine rings is 1. The molecular weight excluding hydrogens is 352 g/mol. The summed E-state index contributed by atoms with van der Waals surface area (Å²) >= 11 is 0. The summed E-state index contributed by atoms with van der Waals surface area (Å²) in [6.45, 7) is 0.992. The van der Waals surface area contributed by atoms with E-state index in [2.05, 4.69) is 29.6 Å². The van der Waals surface area contributed by atoms with Gasteiger partial charge < -0.3 is 15.8 Å². The van der Waals surface area contributed by atoms with E-state index in [-0.39, 0.29) is 23.7 Å². The first-order valence-corrected chi connectivity index (χ1v) is 9.80. The highest BCUT2D eigenvalue weighted by molar-refractivity contribution is 5.79. The van der Waals surface area contributed by atoms with Crippen LogP contribution in [0.4, 0.5) is 0 Å². The van der Waals surface area contributed by atoms with Crippen LogP contribution in [0.2, 0.25) is 0 Å². The summed E-state index contributed by atoms with van der Waals surface area (Å²) in [5, 5.41) is 3.66. The van der Waals surface area contributed by atoms with Crippen LogP contribution in [-0.2, 0) is 14.1 Å². The Bertz CT molecular complexity index is 1040. The number of ether oxygens (including phenoxy) is 1. The Morgan fingerprint density at radius 2 is 1.82 bits per heavy atom. The van der Waals surface area contributed by atoms with Crippen LogP contribution in [0.5, 0.6) is 5.75 Å². The molecule has 148 valence electrons. The molecule has 1 fully saturated rings. The first-order valence-electron chi connectivity index (χ1n) is 9.80. The molecule has 1 unspecified atom stereocenters. The third kappa shape index (κ3) is 3.02. The Hall–Kier alpha value is -2.57. The van der Waals surface area contributed by atoms with Gasteiger partial charge in [0.2, 0.25) is 0 Å². The molecule has 0 radical (unpaired) electrons. The number of nitrogens with one attached hydrogen (secondary N) is 1. The number of nitrogens with zero attached hydrogens (tertiary/aromatic N) is 2. The largest absolute Gasteiger partial charge is 0.496 e. The maximum Gasteiger partial charge on any atom is 0.328 e. The number of nitrogens with two attached hydrogens (primary N) is 1. The number of hydrogen-bond acceptors (Lipinski definition) is 4. The lowest BCUT2D eigenvalue weighted by Gasteiger charge is -2.37. The number of aryl methyl sites for hydroxylation is 2. The van der Waals surface area contributed by atoms with Crippen LogP contribution in [0.3, 0.4) is 0 Å². The van der Waals surface area contributed by atoms with Gasteiger partial charge in [-0.25, -0.2) is 4.79 Å². The molecule has 0 aliphatic carbocycles. The zero-order chi connectivity index (χ0) is 19.8. The summed E-state index contributed by atoms with van der Waals surface area (Å²) in [5.74, 6) is 0.974. The molecule has 2 aromatic carbocycles. The van der Waals surface area contributed by atoms with Crippen molar-refractivity contribution in [2.24, 2.45) is 25.7 Å². The minimum Gasteiger partial charge on any atom is -0.496 e. The molecular formula is C22H28N4O2. The first-order chi connectivity index (χ1) is 13.5. The summed E-state index contributed by atoms with van der Waals surface area (Å²) in [6.07, 6.45) is 2.14. The molecule has 0 spiro atoms. The monoisotopic (exact) mass is 380 g/mol. The van der Waals surface area contributed by atoms with Gasteiger partial charge in [0, 0.05) is 37.8 Å². The lowest BCUT2D eigenvalue weighted by molar-refractivity contribution is 0.241. The van der Waals surface area contributed by atoms with Crippen molar-refractivity contribution in [3.63, 3.8) is 0 Å². The minimum absolute atomic E-state index is 0.0516. The van der Waals surface area contributed by atoms with Gasteiger partial charge in [-0.15, -0.1) is 0 Å². The Balaban J connectivity index is 1.79. The van der Waals surface area contributed by atoms with Crippen LogP contribution < -0.4 is 21.5 Å². The zero-order valence-electron chi connectivity index (χ0n) is 16.7. The minimum atomic E-state index is -0.201. The topological polar surface area (TPSA) is 74.2 Å². The summed E-state index contributed by atoms with van der Waals surface area (Å²) < 4.78 is 8.99. The van der Waals surface area contributed by atoms with Crippen molar-refractivity contribution >= 4 is 11.0 Å². The van der Waals surface area contributed by atoms with E-state index in [1.807, 2.05) is 18.2 Å². The molecule has 6 heteroatoms. The van der Waals surface area contributed by atoms with Crippen LogP contribution in [0.15, 0.2) is 47.3 Å². The van der Waals surface area contributed by atoms with Crippen molar-refractivity contribution in [1.82, 2.24) is 14.5 Å². The molecule has 2 heterocycles. The van der Waals surface area contributed by atoms with Gasteiger partial charge in [0.15, 0.2) is 0 Å². The SMILES string of the molecule is COc1cc2c(cc1C(N)[C@@H]1CCCN[C@@H]1c1ccccc1)n(C)c(=O)n2C. The molecule has 0 saturated carbocycles. The lowest BCUT2D eigenvalue weighted by atomic mass is 9.79. The first kappa shape index (κ1) is 18.8. The number of benzene rings is 2. The normalized spacial score (nSPS) is 21.0. The van der Waals surface area contributed by atoms with Crippen molar-refractivity contribution in [3.05, 3.63) is 64.1 Å². The Morgan fingerprint density at radius 3 is 2.50 bits per heavy atom. The fourth-order valence-corrected chi connectivity index (χ4v) is 4.54. The summed E-state index contributed by atoms with van der Waals surface area (Å²) in [4.78, 5) is 12.4. The van der Waals surface area contributed by atoms with Crippen molar-refractivity contribution in [1.29, 1.82) is 0 Å². The molecule has 28 heavy (non-hydrogen) atoms. The predicted molar refractivity (Wildman–Crippen MR) is 112 cm³/mol. The summed E-state index contributed by atoms with van der Waals surface area (Å²) in [6, 6.07) is 14.4. The van der Waals surface area contributed by atoms with Gasteiger partial charge >= 0.3 is 5.69 Å². The van der Waals surface area contributed by atoms with Gasteiger partial charge in [-0.05, 0) is 36.9 Å². The molecule has 3 N–H and O–H groups in total. The second-order valence-electron chi connectivity index (χ2n) is 7.66. The average Bonchev–Trinajstić information content (AvgIpc) is 2.96. The molecule has 1 aliphatic heterocycles. The van der Waals surface area contributed by atoms with Crippen LogP contribution >= 0.6 is 0 Å². The van der Waals surface area contributed by atoms with Gasteiger partial charge in [0.25, 0.3) is 0 Å². The molecule has 6 nitrogen and oxygen atoms in total. The number of hydrogen-bond donors (Lipinski definition) is 2. The molecule has 3 aromatic rings. The van der Waals surface area contributed by atoms with E-state index in [9.17, 15) is 4.79 Å². The molecule has 1 saturated heterocycles. The molecule has 1 aromatic heterocycles. The Labute approximate surface area is 164 Å².